The molecule has 1 aromatic heterocycles. The van der Waals surface area contributed by atoms with Gasteiger partial charge in [0.1, 0.15) is 18.3 Å². The topological polar surface area (TPSA) is 151 Å². The number of aromatic nitrogens is 2. The lowest BCUT2D eigenvalue weighted by Gasteiger charge is -2.30. The SMILES string of the molecule is COC(=O)C=C[C@@]1(n2ccc(=O)[nH]c2=O)O[C@H](CO)[C@@H](O)[C@H]1O. The number of esters is 1. The van der Waals surface area contributed by atoms with Gasteiger partial charge in [-0.15, -0.1) is 0 Å². The number of H-pyrrole nitrogens is 1. The van der Waals surface area contributed by atoms with Gasteiger partial charge in [0, 0.05) is 18.3 Å². The first-order valence-corrected chi connectivity index (χ1v) is 6.60. The molecule has 0 saturated carbocycles. The molecule has 10 heteroatoms. The molecule has 0 amide bonds. The number of carbonyl (C=O) groups is 1. The first kappa shape index (κ1) is 17.1. The zero-order chi connectivity index (χ0) is 17.2. The van der Waals surface area contributed by atoms with E-state index in [1.165, 1.54) is 0 Å². The van der Waals surface area contributed by atoms with E-state index in [2.05, 4.69) is 4.74 Å². The molecule has 1 fully saturated rings. The van der Waals surface area contributed by atoms with Crippen LogP contribution in [-0.4, -0.2) is 62.9 Å². The Bertz CT molecular complexity index is 723. The number of methoxy groups -OCH3 is 1. The smallest absolute Gasteiger partial charge is 0.331 e. The van der Waals surface area contributed by atoms with Crippen LogP contribution in [0.25, 0.3) is 0 Å². The van der Waals surface area contributed by atoms with Crippen LogP contribution >= 0.6 is 0 Å². The summed E-state index contributed by atoms with van der Waals surface area (Å²) in [5.41, 5.74) is -3.61. The van der Waals surface area contributed by atoms with E-state index in [0.717, 1.165) is 36.1 Å². The van der Waals surface area contributed by atoms with Gasteiger partial charge in [-0.05, 0) is 6.08 Å². The largest absolute Gasteiger partial charge is 0.466 e. The number of carbonyl (C=O) groups excluding carboxylic acids is 1. The standard InChI is InChI=1S/C13H16N2O8/c1-22-9(18)2-4-13(11(20)10(19)7(6-16)23-13)15-5-3-8(17)14-12(15)21/h2-5,7,10-11,16,19-20H,6H2,1H3,(H,14,17,21)/t7-,10-,11-,13-/m1/s1. The summed E-state index contributed by atoms with van der Waals surface area (Å²) in [6, 6.07) is 1.00. The molecule has 0 unspecified atom stereocenters. The van der Waals surface area contributed by atoms with Gasteiger partial charge in [0.25, 0.3) is 5.56 Å². The highest BCUT2D eigenvalue weighted by atomic mass is 16.6. The van der Waals surface area contributed by atoms with E-state index in [-0.39, 0.29) is 0 Å². The quantitative estimate of drug-likeness (QED) is 0.338. The summed E-state index contributed by atoms with van der Waals surface area (Å²) in [5.74, 6) is -0.792. The van der Waals surface area contributed by atoms with Gasteiger partial charge in [-0.2, -0.15) is 0 Å². The van der Waals surface area contributed by atoms with Gasteiger partial charge in [0.2, 0.25) is 0 Å². The number of aliphatic hydroxyl groups is 3. The molecule has 0 bridgehead atoms. The summed E-state index contributed by atoms with van der Waals surface area (Å²) >= 11 is 0. The number of nitrogens with zero attached hydrogens (tertiary/aromatic N) is 1. The fourth-order valence-corrected chi connectivity index (χ4v) is 2.34. The molecule has 0 aromatic carbocycles. The van der Waals surface area contributed by atoms with Crippen molar-refractivity contribution in [2.24, 2.45) is 0 Å². The van der Waals surface area contributed by atoms with E-state index in [4.69, 9.17) is 4.74 Å². The second-order valence-corrected chi connectivity index (χ2v) is 4.86. The highest BCUT2D eigenvalue weighted by Gasteiger charge is 2.54. The lowest BCUT2D eigenvalue weighted by Crippen LogP contribution is -2.50. The summed E-state index contributed by atoms with van der Waals surface area (Å²) in [6.45, 7) is -0.635. The molecule has 1 saturated heterocycles. The molecular weight excluding hydrogens is 312 g/mol. The molecule has 1 aromatic rings. The van der Waals surface area contributed by atoms with Gasteiger partial charge in [-0.25, -0.2) is 9.59 Å². The van der Waals surface area contributed by atoms with Crippen LogP contribution < -0.4 is 11.2 Å². The molecule has 4 atom stereocenters. The number of rotatable bonds is 4. The molecule has 10 nitrogen and oxygen atoms in total. The molecule has 1 aliphatic rings. The maximum Gasteiger partial charge on any atom is 0.331 e. The van der Waals surface area contributed by atoms with Crippen LogP contribution in [0.5, 0.6) is 0 Å². The summed E-state index contributed by atoms with van der Waals surface area (Å²) in [6.07, 6.45) is -1.47. The average Bonchev–Trinajstić information content (AvgIpc) is 2.78. The van der Waals surface area contributed by atoms with Gasteiger partial charge in [0.15, 0.2) is 5.72 Å². The maximum atomic E-state index is 12.0. The van der Waals surface area contributed by atoms with Crippen molar-refractivity contribution in [2.75, 3.05) is 13.7 Å². The van der Waals surface area contributed by atoms with Gasteiger partial charge < -0.3 is 24.8 Å². The minimum absolute atomic E-state index is 0.635. The van der Waals surface area contributed by atoms with E-state index in [1.54, 1.807) is 0 Å². The first-order chi connectivity index (χ1) is 10.9. The lowest BCUT2D eigenvalue weighted by molar-refractivity contribution is -0.136. The van der Waals surface area contributed by atoms with Gasteiger partial charge in [-0.1, -0.05) is 0 Å². The van der Waals surface area contributed by atoms with Crippen LogP contribution in [0.2, 0.25) is 0 Å². The second kappa shape index (κ2) is 6.46. The van der Waals surface area contributed by atoms with Crippen LogP contribution in [0.3, 0.4) is 0 Å². The second-order valence-electron chi connectivity index (χ2n) is 4.86. The number of aromatic amines is 1. The van der Waals surface area contributed by atoms with E-state index in [0.29, 0.717) is 0 Å². The molecule has 2 heterocycles. The van der Waals surface area contributed by atoms with Crippen LogP contribution in [0.1, 0.15) is 0 Å². The van der Waals surface area contributed by atoms with E-state index >= 15 is 0 Å². The number of hydrogen-bond donors (Lipinski definition) is 4. The van der Waals surface area contributed by atoms with E-state index in [9.17, 15) is 29.7 Å². The molecule has 23 heavy (non-hydrogen) atoms. The van der Waals surface area contributed by atoms with E-state index < -0.39 is 47.9 Å². The van der Waals surface area contributed by atoms with Crippen molar-refractivity contribution in [1.82, 2.24) is 9.55 Å². The number of ether oxygens (including phenoxy) is 2. The normalized spacial score (nSPS) is 30.7. The number of hydrogen-bond acceptors (Lipinski definition) is 8. The Labute approximate surface area is 129 Å². The molecular formula is C13H16N2O8. The highest BCUT2D eigenvalue weighted by Crippen LogP contribution is 2.35. The van der Waals surface area contributed by atoms with Crippen molar-refractivity contribution in [1.29, 1.82) is 0 Å². The zero-order valence-corrected chi connectivity index (χ0v) is 12.1. The van der Waals surface area contributed by atoms with Crippen molar-refractivity contribution in [3.05, 3.63) is 45.3 Å². The molecule has 126 valence electrons. The van der Waals surface area contributed by atoms with Crippen molar-refractivity contribution in [3.63, 3.8) is 0 Å². The lowest BCUT2D eigenvalue weighted by atomic mass is 10.0. The van der Waals surface area contributed by atoms with E-state index in [1.807, 2.05) is 4.98 Å². The summed E-state index contributed by atoms with van der Waals surface area (Å²) in [7, 11) is 1.13. The molecule has 0 spiro atoms. The summed E-state index contributed by atoms with van der Waals surface area (Å²) < 4.78 is 10.7. The third-order valence-electron chi connectivity index (χ3n) is 3.51. The van der Waals surface area contributed by atoms with Crippen LogP contribution in [0.15, 0.2) is 34.0 Å². The molecule has 1 aliphatic heterocycles. The Hall–Kier alpha value is -2.27. The van der Waals surface area contributed by atoms with Gasteiger partial charge >= 0.3 is 11.7 Å². The number of nitrogens with one attached hydrogen (secondary N) is 1. The maximum absolute atomic E-state index is 12.0. The highest BCUT2D eigenvalue weighted by molar-refractivity contribution is 5.81. The third kappa shape index (κ3) is 2.97. The number of aliphatic hydroxyl groups excluding tert-OH is 3. The van der Waals surface area contributed by atoms with Crippen molar-refractivity contribution < 1.29 is 29.6 Å². The summed E-state index contributed by atoms with van der Waals surface area (Å²) in [4.78, 5) is 36.5. The van der Waals surface area contributed by atoms with Crippen LogP contribution in [-0.2, 0) is 20.0 Å². The van der Waals surface area contributed by atoms with Crippen molar-refractivity contribution in [2.45, 2.75) is 24.0 Å². The Morgan fingerprint density at radius 2 is 2.22 bits per heavy atom. The predicted molar refractivity (Wildman–Crippen MR) is 74.4 cm³/mol. The fourth-order valence-electron chi connectivity index (χ4n) is 2.34. The Balaban J connectivity index is 2.61. The molecule has 2 rings (SSSR count). The summed E-state index contributed by atoms with van der Waals surface area (Å²) in [5, 5.41) is 29.5. The monoisotopic (exact) mass is 328 g/mol. The Morgan fingerprint density at radius 1 is 1.52 bits per heavy atom. The van der Waals surface area contributed by atoms with Crippen molar-refractivity contribution >= 4 is 5.97 Å². The predicted octanol–water partition coefficient (Wildman–Crippen LogP) is -2.97. The fraction of sp³-hybridized carbons (Fsp3) is 0.462. The molecule has 0 radical (unpaired) electrons. The first-order valence-electron chi connectivity index (χ1n) is 6.60. The Kier molecular flexibility index (Phi) is 4.80. The van der Waals surface area contributed by atoms with Crippen LogP contribution in [0.4, 0.5) is 0 Å². The minimum Gasteiger partial charge on any atom is -0.466 e. The van der Waals surface area contributed by atoms with Crippen LogP contribution in [0, 0.1) is 0 Å². The van der Waals surface area contributed by atoms with Gasteiger partial charge in [0.05, 0.1) is 13.7 Å². The third-order valence-corrected chi connectivity index (χ3v) is 3.51. The molecule has 0 aliphatic carbocycles. The molecule has 4 N–H and O–H groups in total. The minimum atomic E-state index is -2.00. The van der Waals surface area contributed by atoms with Gasteiger partial charge in [-0.3, -0.25) is 14.3 Å². The average molecular weight is 328 g/mol. The van der Waals surface area contributed by atoms with Crippen molar-refractivity contribution in [3.8, 4) is 0 Å². The zero-order valence-electron chi connectivity index (χ0n) is 12.1. The Morgan fingerprint density at radius 3 is 2.74 bits per heavy atom.